The molecule has 1 saturated heterocycles. The second-order valence-corrected chi connectivity index (χ2v) is 7.68. The van der Waals surface area contributed by atoms with Gasteiger partial charge in [0.25, 0.3) is 5.91 Å². The van der Waals surface area contributed by atoms with Gasteiger partial charge in [0.05, 0.1) is 0 Å². The summed E-state index contributed by atoms with van der Waals surface area (Å²) in [5, 5.41) is 20.5. The number of carbonyl (C=O) groups excluding carboxylic acids is 1. The number of aromatic nitrogens is 3. The highest BCUT2D eigenvalue weighted by atomic mass is 16.3. The lowest BCUT2D eigenvalue weighted by Crippen LogP contribution is -2.45. The Morgan fingerprint density at radius 1 is 1.44 bits per heavy atom. The topological polar surface area (TPSA) is 94.1 Å². The number of rotatable bonds is 4. The summed E-state index contributed by atoms with van der Waals surface area (Å²) in [6, 6.07) is 7.46. The van der Waals surface area contributed by atoms with Gasteiger partial charge in [0.2, 0.25) is 0 Å². The number of nitrogens with zero attached hydrogens (tertiary/aromatic N) is 3. The summed E-state index contributed by atoms with van der Waals surface area (Å²) in [6.45, 7) is 7.49. The Balaban J connectivity index is 1.58. The summed E-state index contributed by atoms with van der Waals surface area (Å²) in [4.78, 5) is 18.6. The third kappa shape index (κ3) is 3.99. The smallest absolute Gasteiger partial charge is 0.271 e. The van der Waals surface area contributed by atoms with E-state index in [1.54, 1.807) is 12.3 Å². The average Bonchev–Trinajstić information content (AvgIpc) is 3.21. The van der Waals surface area contributed by atoms with E-state index in [-0.39, 0.29) is 17.9 Å². The number of hydrogen-bond donors (Lipinski definition) is 3. The molecule has 2 aromatic rings. The molecule has 7 nitrogen and oxygen atoms in total. The molecule has 1 aliphatic heterocycles. The van der Waals surface area contributed by atoms with Gasteiger partial charge < -0.3 is 15.3 Å². The molecule has 2 aromatic heterocycles. The van der Waals surface area contributed by atoms with E-state index in [1.165, 1.54) is 0 Å². The molecule has 0 unspecified atom stereocenters. The molecule has 25 heavy (non-hydrogen) atoms. The first kappa shape index (κ1) is 17.4. The molecular weight excluding hydrogens is 318 g/mol. The van der Waals surface area contributed by atoms with Crippen LogP contribution in [-0.2, 0) is 5.41 Å². The summed E-state index contributed by atoms with van der Waals surface area (Å²) < 4.78 is 0. The molecule has 1 aliphatic rings. The van der Waals surface area contributed by atoms with E-state index < -0.39 is 5.60 Å². The minimum Gasteiger partial charge on any atom is -0.386 e. The van der Waals surface area contributed by atoms with Crippen LogP contribution in [-0.4, -0.2) is 51.4 Å². The van der Waals surface area contributed by atoms with Crippen molar-refractivity contribution in [1.29, 1.82) is 0 Å². The lowest BCUT2D eigenvalue weighted by Gasteiger charge is -2.24. The maximum atomic E-state index is 12.3. The fraction of sp³-hybridized carbons (Fsp3) is 0.500. The maximum absolute atomic E-state index is 12.3. The van der Waals surface area contributed by atoms with Gasteiger partial charge in [-0.3, -0.25) is 9.89 Å². The van der Waals surface area contributed by atoms with Crippen LogP contribution < -0.4 is 10.2 Å². The van der Waals surface area contributed by atoms with Crippen LogP contribution in [0.25, 0.3) is 0 Å². The summed E-state index contributed by atoms with van der Waals surface area (Å²) in [5.74, 6) is 0.559. The van der Waals surface area contributed by atoms with Crippen molar-refractivity contribution in [3.05, 3.63) is 41.9 Å². The third-order valence-electron chi connectivity index (χ3n) is 4.50. The second kappa shape index (κ2) is 6.48. The highest BCUT2D eigenvalue weighted by Crippen LogP contribution is 2.25. The van der Waals surface area contributed by atoms with Crippen molar-refractivity contribution in [2.45, 2.75) is 38.2 Å². The fourth-order valence-electron chi connectivity index (χ4n) is 2.89. The van der Waals surface area contributed by atoms with Gasteiger partial charge in [-0.15, -0.1) is 0 Å². The number of nitrogens with one attached hydrogen (secondary N) is 2. The molecule has 134 valence electrons. The predicted octanol–water partition coefficient (Wildman–Crippen LogP) is 1.47. The summed E-state index contributed by atoms with van der Waals surface area (Å²) in [7, 11) is 0. The minimum atomic E-state index is -0.962. The molecule has 1 atom stereocenters. The van der Waals surface area contributed by atoms with E-state index in [1.807, 2.05) is 23.1 Å². The van der Waals surface area contributed by atoms with Crippen molar-refractivity contribution in [2.24, 2.45) is 0 Å². The van der Waals surface area contributed by atoms with Crippen LogP contribution in [0.4, 0.5) is 5.82 Å². The van der Waals surface area contributed by atoms with Gasteiger partial charge in [-0.25, -0.2) is 4.98 Å². The number of aliphatic hydroxyl groups is 1. The van der Waals surface area contributed by atoms with Crippen molar-refractivity contribution in [2.75, 3.05) is 24.5 Å². The van der Waals surface area contributed by atoms with Gasteiger partial charge in [-0.1, -0.05) is 26.8 Å². The Morgan fingerprint density at radius 3 is 2.88 bits per heavy atom. The molecular formula is C18H25N5O2. The molecule has 0 aliphatic carbocycles. The predicted molar refractivity (Wildman–Crippen MR) is 95.6 cm³/mol. The zero-order valence-electron chi connectivity index (χ0n) is 14.9. The Morgan fingerprint density at radius 2 is 2.24 bits per heavy atom. The lowest BCUT2D eigenvalue weighted by molar-refractivity contribution is 0.0574. The molecule has 7 heteroatoms. The van der Waals surface area contributed by atoms with Crippen LogP contribution in [0.15, 0.2) is 30.5 Å². The normalized spacial score (nSPS) is 20.7. The van der Waals surface area contributed by atoms with E-state index in [4.69, 9.17) is 0 Å². The Kier molecular flexibility index (Phi) is 4.51. The molecule has 0 saturated carbocycles. The van der Waals surface area contributed by atoms with Crippen LogP contribution in [0, 0.1) is 0 Å². The molecule has 0 radical (unpaired) electrons. The number of anilines is 1. The van der Waals surface area contributed by atoms with Crippen molar-refractivity contribution >= 4 is 11.7 Å². The lowest BCUT2D eigenvalue weighted by atomic mass is 9.92. The van der Waals surface area contributed by atoms with Gasteiger partial charge in [-0.2, -0.15) is 5.10 Å². The summed E-state index contributed by atoms with van der Waals surface area (Å²) >= 11 is 0. The van der Waals surface area contributed by atoms with Crippen LogP contribution in [0.3, 0.4) is 0 Å². The average molecular weight is 343 g/mol. The van der Waals surface area contributed by atoms with E-state index >= 15 is 0 Å². The van der Waals surface area contributed by atoms with Crippen molar-refractivity contribution in [3.63, 3.8) is 0 Å². The van der Waals surface area contributed by atoms with E-state index in [9.17, 15) is 9.90 Å². The van der Waals surface area contributed by atoms with Crippen LogP contribution in [0.1, 0.15) is 43.4 Å². The summed E-state index contributed by atoms with van der Waals surface area (Å²) in [5.41, 5.74) is 0.181. The number of β-amino-alcohol motifs (C(OH)–C–C–N with tert-alkyl or cyclic N) is 1. The van der Waals surface area contributed by atoms with Gasteiger partial charge in [-0.05, 0) is 24.6 Å². The number of carbonyl (C=O) groups is 1. The second-order valence-electron chi connectivity index (χ2n) is 7.68. The Hall–Kier alpha value is -2.41. The molecule has 1 fully saturated rings. The number of H-pyrrole nitrogens is 1. The van der Waals surface area contributed by atoms with E-state index in [0.717, 1.165) is 11.5 Å². The van der Waals surface area contributed by atoms with E-state index in [0.29, 0.717) is 25.2 Å². The van der Waals surface area contributed by atoms with Gasteiger partial charge in [0.1, 0.15) is 17.1 Å². The van der Waals surface area contributed by atoms with Gasteiger partial charge in [0.15, 0.2) is 0 Å². The SMILES string of the molecule is CC(C)(C)c1cc(C(=O)NC[C@@]2(O)CCN(c3ccccn3)C2)n[nH]1. The largest absolute Gasteiger partial charge is 0.386 e. The zero-order valence-corrected chi connectivity index (χ0v) is 14.9. The number of aromatic amines is 1. The first-order chi connectivity index (χ1) is 11.8. The molecule has 0 spiro atoms. The van der Waals surface area contributed by atoms with E-state index in [2.05, 4.69) is 41.3 Å². The first-order valence-electron chi connectivity index (χ1n) is 8.49. The number of hydrogen-bond acceptors (Lipinski definition) is 5. The van der Waals surface area contributed by atoms with Crippen molar-refractivity contribution < 1.29 is 9.90 Å². The van der Waals surface area contributed by atoms with Crippen LogP contribution in [0.2, 0.25) is 0 Å². The zero-order chi connectivity index (χ0) is 18.1. The fourth-order valence-corrected chi connectivity index (χ4v) is 2.89. The Labute approximate surface area is 147 Å². The number of pyridine rings is 1. The molecule has 3 rings (SSSR count). The van der Waals surface area contributed by atoms with Crippen molar-refractivity contribution in [1.82, 2.24) is 20.5 Å². The quantitative estimate of drug-likeness (QED) is 0.782. The maximum Gasteiger partial charge on any atom is 0.271 e. The van der Waals surface area contributed by atoms with Crippen molar-refractivity contribution in [3.8, 4) is 0 Å². The highest BCUT2D eigenvalue weighted by molar-refractivity contribution is 5.92. The first-order valence-corrected chi connectivity index (χ1v) is 8.49. The standard InChI is InChI=1S/C18H25N5O2/c1-17(2,3)14-10-13(21-22-14)16(24)20-11-18(25)7-9-23(12-18)15-6-4-5-8-19-15/h4-6,8,10,25H,7,9,11-12H2,1-3H3,(H,20,24)(H,21,22)/t18-/m0/s1. The molecule has 0 aromatic carbocycles. The monoisotopic (exact) mass is 343 g/mol. The summed E-state index contributed by atoms with van der Waals surface area (Å²) in [6.07, 6.45) is 2.32. The third-order valence-corrected chi connectivity index (χ3v) is 4.50. The molecule has 0 bridgehead atoms. The molecule has 3 heterocycles. The minimum absolute atomic E-state index is 0.0988. The van der Waals surface area contributed by atoms with Gasteiger partial charge >= 0.3 is 0 Å². The Bertz CT molecular complexity index is 737. The van der Waals surface area contributed by atoms with Crippen LogP contribution >= 0.6 is 0 Å². The van der Waals surface area contributed by atoms with Crippen LogP contribution in [0.5, 0.6) is 0 Å². The van der Waals surface area contributed by atoms with Gasteiger partial charge in [0, 0.05) is 36.9 Å². The molecule has 1 amide bonds. The highest BCUT2D eigenvalue weighted by Gasteiger charge is 2.37. The number of amides is 1. The molecule has 3 N–H and O–H groups in total.